The average Bonchev–Trinajstić information content (AvgIpc) is 3.11. The van der Waals surface area contributed by atoms with Crippen LogP contribution in [0.2, 0.25) is 0 Å². The second kappa shape index (κ2) is 8.65. The highest BCUT2D eigenvalue weighted by Gasteiger charge is 2.21. The molecule has 0 saturated carbocycles. The maximum Gasteiger partial charge on any atom is 0.242 e. The summed E-state index contributed by atoms with van der Waals surface area (Å²) >= 11 is 0. The van der Waals surface area contributed by atoms with E-state index in [1.165, 1.54) is 26.6 Å². The van der Waals surface area contributed by atoms with Gasteiger partial charge in [-0.3, -0.25) is 4.79 Å². The molecular formula is C25H26N2O3S. The first-order chi connectivity index (χ1) is 14.8. The number of benzene rings is 3. The van der Waals surface area contributed by atoms with E-state index < -0.39 is 10.0 Å². The van der Waals surface area contributed by atoms with Crippen LogP contribution in [-0.4, -0.2) is 32.2 Å². The standard InChI is InChI=1S/C25H26N2O3S/c1-18-9-12-22(13-10-18)31(29,30)27(2)15-5-8-25(28)26-21-11-14-24-20(17-21)16-19-6-3-4-7-23(19)24/h3-4,6-7,9-14,17H,5,8,15-16H2,1-2H3,(H,26,28). The van der Waals surface area contributed by atoms with Gasteiger partial charge in [0.2, 0.25) is 15.9 Å². The molecular weight excluding hydrogens is 408 g/mol. The Balaban J connectivity index is 1.31. The first-order valence-corrected chi connectivity index (χ1v) is 11.8. The van der Waals surface area contributed by atoms with Crippen LogP contribution < -0.4 is 5.32 Å². The number of anilines is 1. The largest absolute Gasteiger partial charge is 0.326 e. The fraction of sp³-hybridized carbons (Fsp3) is 0.240. The molecule has 4 rings (SSSR count). The maximum absolute atomic E-state index is 12.6. The van der Waals surface area contributed by atoms with E-state index in [9.17, 15) is 13.2 Å². The van der Waals surface area contributed by atoms with Gasteiger partial charge < -0.3 is 5.32 Å². The van der Waals surface area contributed by atoms with Gasteiger partial charge in [0, 0.05) is 25.7 Å². The van der Waals surface area contributed by atoms with Crippen molar-refractivity contribution in [2.75, 3.05) is 18.9 Å². The molecule has 6 heteroatoms. The van der Waals surface area contributed by atoms with Crippen LogP contribution in [0.3, 0.4) is 0 Å². The number of nitrogens with zero attached hydrogens (tertiary/aromatic N) is 1. The van der Waals surface area contributed by atoms with Gasteiger partial charge in [0.25, 0.3) is 0 Å². The normalized spacial score (nSPS) is 12.5. The lowest BCUT2D eigenvalue weighted by atomic mass is 10.1. The molecule has 0 heterocycles. The smallest absolute Gasteiger partial charge is 0.242 e. The van der Waals surface area contributed by atoms with Crippen molar-refractivity contribution in [1.82, 2.24) is 4.31 Å². The molecule has 0 fully saturated rings. The number of carbonyl (C=O) groups excluding carboxylic acids is 1. The highest BCUT2D eigenvalue weighted by molar-refractivity contribution is 7.89. The van der Waals surface area contributed by atoms with Gasteiger partial charge in [0.1, 0.15) is 0 Å². The number of hydrogen-bond donors (Lipinski definition) is 1. The lowest BCUT2D eigenvalue weighted by Gasteiger charge is -2.17. The predicted octanol–water partition coefficient (Wildman–Crippen LogP) is 4.61. The maximum atomic E-state index is 12.6. The zero-order chi connectivity index (χ0) is 22.0. The fourth-order valence-electron chi connectivity index (χ4n) is 3.92. The molecule has 0 saturated heterocycles. The summed E-state index contributed by atoms with van der Waals surface area (Å²) in [6.45, 7) is 2.20. The molecule has 0 atom stereocenters. The number of nitrogens with one attached hydrogen (secondary N) is 1. The molecule has 0 aliphatic heterocycles. The lowest BCUT2D eigenvalue weighted by Crippen LogP contribution is -2.28. The van der Waals surface area contributed by atoms with Crippen molar-refractivity contribution >= 4 is 21.6 Å². The van der Waals surface area contributed by atoms with Crippen LogP contribution in [0.1, 0.15) is 29.5 Å². The summed E-state index contributed by atoms with van der Waals surface area (Å²) in [5.74, 6) is -0.114. The SMILES string of the molecule is Cc1ccc(S(=O)(=O)N(C)CCCC(=O)Nc2ccc3c(c2)Cc2ccccc2-3)cc1. The number of rotatable bonds is 7. The number of aryl methyl sites for hydroxylation is 1. The van der Waals surface area contributed by atoms with Crippen molar-refractivity contribution in [2.24, 2.45) is 0 Å². The molecule has 0 radical (unpaired) electrons. The Bertz CT molecular complexity index is 1220. The molecule has 0 aromatic heterocycles. The van der Waals surface area contributed by atoms with Crippen LogP contribution in [0, 0.1) is 6.92 Å². The first-order valence-electron chi connectivity index (χ1n) is 10.4. The number of hydrogen-bond acceptors (Lipinski definition) is 3. The Kier molecular flexibility index (Phi) is 5.94. The van der Waals surface area contributed by atoms with Crippen molar-refractivity contribution in [3.8, 4) is 11.1 Å². The molecule has 0 unspecified atom stereocenters. The molecule has 1 N–H and O–H groups in total. The van der Waals surface area contributed by atoms with Gasteiger partial charge in [-0.1, -0.05) is 48.0 Å². The Labute approximate surface area is 183 Å². The van der Waals surface area contributed by atoms with E-state index in [4.69, 9.17) is 0 Å². The molecule has 0 bridgehead atoms. The number of sulfonamides is 1. The molecule has 1 aliphatic carbocycles. The van der Waals surface area contributed by atoms with Crippen LogP contribution in [0.4, 0.5) is 5.69 Å². The minimum atomic E-state index is -3.54. The number of fused-ring (bicyclic) bond motifs is 3. The van der Waals surface area contributed by atoms with Gasteiger partial charge >= 0.3 is 0 Å². The minimum Gasteiger partial charge on any atom is -0.326 e. The van der Waals surface area contributed by atoms with E-state index in [-0.39, 0.29) is 23.8 Å². The van der Waals surface area contributed by atoms with Crippen molar-refractivity contribution in [3.05, 3.63) is 83.4 Å². The molecule has 0 spiro atoms. The summed E-state index contributed by atoms with van der Waals surface area (Å²) in [4.78, 5) is 12.7. The van der Waals surface area contributed by atoms with Gasteiger partial charge in [-0.15, -0.1) is 0 Å². The Morgan fingerprint density at radius 3 is 2.45 bits per heavy atom. The van der Waals surface area contributed by atoms with Crippen LogP contribution >= 0.6 is 0 Å². The third kappa shape index (κ3) is 4.55. The zero-order valence-electron chi connectivity index (χ0n) is 17.8. The highest BCUT2D eigenvalue weighted by atomic mass is 32.2. The molecule has 5 nitrogen and oxygen atoms in total. The molecule has 3 aromatic carbocycles. The summed E-state index contributed by atoms with van der Waals surface area (Å²) in [7, 11) is -2.00. The topological polar surface area (TPSA) is 66.5 Å². The summed E-state index contributed by atoms with van der Waals surface area (Å²) in [5.41, 5.74) is 6.78. The quantitative estimate of drug-likeness (QED) is 0.462. The van der Waals surface area contributed by atoms with E-state index in [1.54, 1.807) is 31.3 Å². The summed E-state index contributed by atoms with van der Waals surface area (Å²) in [6, 6.07) is 21.1. The van der Waals surface area contributed by atoms with Crippen molar-refractivity contribution in [2.45, 2.75) is 31.1 Å². The summed E-state index contributed by atoms with van der Waals surface area (Å²) < 4.78 is 26.6. The summed E-state index contributed by atoms with van der Waals surface area (Å²) in [6.07, 6.45) is 1.58. The van der Waals surface area contributed by atoms with Crippen LogP contribution in [-0.2, 0) is 21.2 Å². The first kappa shape index (κ1) is 21.3. The van der Waals surface area contributed by atoms with Gasteiger partial charge in [-0.25, -0.2) is 12.7 Å². The minimum absolute atomic E-state index is 0.114. The van der Waals surface area contributed by atoms with Crippen molar-refractivity contribution < 1.29 is 13.2 Å². The van der Waals surface area contributed by atoms with Gasteiger partial charge in [0.05, 0.1) is 4.90 Å². The van der Waals surface area contributed by atoms with E-state index in [2.05, 4.69) is 23.5 Å². The Morgan fingerprint density at radius 1 is 0.968 bits per heavy atom. The van der Waals surface area contributed by atoms with E-state index in [0.29, 0.717) is 6.42 Å². The van der Waals surface area contributed by atoms with Crippen molar-refractivity contribution in [3.63, 3.8) is 0 Å². The second-order valence-electron chi connectivity index (χ2n) is 8.00. The van der Waals surface area contributed by atoms with Crippen LogP contribution in [0.15, 0.2) is 71.6 Å². The Hall–Kier alpha value is -2.96. The molecule has 3 aromatic rings. The molecule has 31 heavy (non-hydrogen) atoms. The number of carbonyl (C=O) groups is 1. The fourth-order valence-corrected chi connectivity index (χ4v) is 5.13. The van der Waals surface area contributed by atoms with E-state index >= 15 is 0 Å². The average molecular weight is 435 g/mol. The van der Waals surface area contributed by atoms with Crippen LogP contribution in [0.25, 0.3) is 11.1 Å². The number of amides is 1. The second-order valence-corrected chi connectivity index (χ2v) is 10.0. The lowest BCUT2D eigenvalue weighted by molar-refractivity contribution is -0.116. The monoisotopic (exact) mass is 434 g/mol. The van der Waals surface area contributed by atoms with E-state index in [1.807, 2.05) is 31.2 Å². The Morgan fingerprint density at radius 2 is 1.68 bits per heavy atom. The van der Waals surface area contributed by atoms with Gasteiger partial charge in [0.15, 0.2) is 0 Å². The summed E-state index contributed by atoms with van der Waals surface area (Å²) in [5, 5.41) is 2.94. The third-order valence-corrected chi connectivity index (χ3v) is 7.55. The van der Waals surface area contributed by atoms with Crippen molar-refractivity contribution in [1.29, 1.82) is 0 Å². The van der Waals surface area contributed by atoms with Crippen LogP contribution in [0.5, 0.6) is 0 Å². The van der Waals surface area contributed by atoms with E-state index in [0.717, 1.165) is 17.7 Å². The third-order valence-electron chi connectivity index (χ3n) is 5.68. The molecule has 1 aliphatic rings. The van der Waals surface area contributed by atoms with Gasteiger partial charge in [-0.2, -0.15) is 0 Å². The van der Waals surface area contributed by atoms with Gasteiger partial charge in [-0.05, 0) is 66.3 Å². The zero-order valence-corrected chi connectivity index (χ0v) is 18.6. The predicted molar refractivity (Wildman–Crippen MR) is 124 cm³/mol. The molecule has 160 valence electrons. The highest BCUT2D eigenvalue weighted by Crippen LogP contribution is 2.37. The molecule has 1 amide bonds.